The molecule has 3 nitrogen and oxygen atoms in total. The van der Waals surface area contributed by atoms with E-state index in [1.54, 1.807) is 6.07 Å². The van der Waals surface area contributed by atoms with Crippen LogP contribution >= 0.6 is 27.3 Å². The second kappa shape index (κ2) is 4.89. The van der Waals surface area contributed by atoms with Crippen molar-refractivity contribution in [2.24, 2.45) is 5.41 Å². The van der Waals surface area contributed by atoms with E-state index in [2.05, 4.69) is 34.5 Å². The Bertz CT molecular complexity index is 548. The van der Waals surface area contributed by atoms with Crippen LogP contribution in [-0.4, -0.2) is 14.5 Å². The van der Waals surface area contributed by atoms with Crippen molar-refractivity contribution < 1.29 is 8.42 Å². The molecule has 1 aliphatic carbocycles. The minimum absolute atomic E-state index is 0.0422. The lowest BCUT2D eigenvalue weighted by molar-refractivity contribution is 0.313. The molecule has 1 unspecified atom stereocenters. The van der Waals surface area contributed by atoms with Gasteiger partial charge in [-0.1, -0.05) is 20.3 Å². The van der Waals surface area contributed by atoms with Gasteiger partial charge in [-0.15, -0.1) is 11.3 Å². The van der Waals surface area contributed by atoms with Gasteiger partial charge in [0.05, 0.1) is 8.68 Å². The molecule has 6 heteroatoms. The maximum atomic E-state index is 12.4. The largest absolute Gasteiger partial charge is 0.241 e. The Morgan fingerprint density at radius 2 is 2.17 bits per heavy atom. The van der Waals surface area contributed by atoms with Crippen molar-refractivity contribution in [3.05, 3.63) is 14.7 Å². The fraction of sp³-hybridized carbons (Fsp3) is 0.667. The minimum atomic E-state index is -3.39. The van der Waals surface area contributed by atoms with Gasteiger partial charge in [-0.2, -0.15) is 0 Å². The maximum absolute atomic E-state index is 12.4. The Balaban J connectivity index is 2.25. The Hall–Kier alpha value is 0.0900. The van der Waals surface area contributed by atoms with Crippen LogP contribution in [0.3, 0.4) is 0 Å². The summed E-state index contributed by atoms with van der Waals surface area (Å²) in [7, 11) is -3.39. The van der Waals surface area contributed by atoms with Crippen LogP contribution in [-0.2, 0) is 10.0 Å². The van der Waals surface area contributed by atoms with Crippen molar-refractivity contribution in [1.29, 1.82) is 0 Å². The molecule has 0 saturated heterocycles. The SMILES string of the molecule is Cc1sc(Br)cc1S(=O)(=O)NC1CCCC1(C)C. The number of rotatable bonds is 3. The highest BCUT2D eigenvalue weighted by Crippen LogP contribution is 2.38. The Labute approximate surface area is 121 Å². The predicted molar refractivity (Wildman–Crippen MR) is 78.5 cm³/mol. The van der Waals surface area contributed by atoms with Gasteiger partial charge in [-0.3, -0.25) is 0 Å². The summed E-state index contributed by atoms with van der Waals surface area (Å²) in [5.41, 5.74) is 0.0498. The van der Waals surface area contributed by atoms with Gasteiger partial charge >= 0.3 is 0 Å². The zero-order valence-electron chi connectivity index (χ0n) is 10.8. The molecule has 0 radical (unpaired) electrons. The summed E-state index contributed by atoms with van der Waals surface area (Å²) >= 11 is 4.79. The normalized spacial score (nSPS) is 23.4. The number of halogens is 1. The molecule has 1 N–H and O–H groups in total. The van der Waals surface area contributed by atoms with Crippen LogP contribution in [0.25, 0.3) is 0 Å². The Kier molecular flexibility index (Phi) is 3.94. The fourth-order valence-electron chi connectivity index (χ4n) is 2.49. The third-order valence-electron chi connectivity index (χ3n) is 3.69. The highest BCUT2D eigenvalue weighted by molar-refractivity contribution is 9.11. The van der Waals surface area contributed by atoms with Crippen LogP contribution in [0, 0.1) is 12.3 Å². The fourth-order valence-corrected chi connectivity index (χ4v) is 6.35. The highest BCUT2D eigenvalue weighted by Gasteiger charge is 2.37. The molecule has 1 heterocycles. The first-order valence-electron chi connectivity index (χ1n) is 6.01. The topological polar surface area (TPSA) is 46.2 Å². The average molecular weight is 352 g/mol. The van der Waals surface area contributed by atoms with Crippen LogP contribution in [0.15, 0.2) is 14.7 Å². The van der Waals surface area contributed by atoms with Gasteiger partial charge in [0.25, 0.3) is 0 Å². The molecular weight excluding hydrogens is 334 g/mol. The number of hydrogen-bond donors (Lipinski definition) is 1. The van der Waals surface area contributed by atoms with Crippen LogP contribution in [0.2, 0.25) is 0 Å². The average Bonchev–Trinajstić information content (AvgIpc) is 2.70. The van der Waals surface area contributed by atoms with E-state index in [0.29, 0.717) is 4.90 Å². The van der Waals surface area contributed by atoms with Crippen LogP contribution in [0.1, 0.15) is 38.0 Å². The lowest BCUT2D eigenvalue weighted by Crippen LogP contribution is -2.41. The number of sulfonamides is 1. The van der Waals surface area contributed by atoms with E-state index in [1.807, 2.05) is 6.92 Å². The van der Waals surface area contributed by atoms with Crippen molar-refractivity contribution in [3.8, 4) is 0 Å². The predicted octanol–water partition coefficient (Wildman–Crippen LogP) is 3.68. The van der Waals surface area contributed by atoms with E-state index in [4.69, 9.17) is 0 Å². The molecule has 1 saturated carbocycles. The van der Waals surface area contributed by atoms with Crippen molar-refractivity contribution >= 4 is 37.3 Å². The molecule has 102 valence electrons. The molecule has 2 rings (SSSR count). The molecule has 1 fully saturated rings. The summed E-state index contributed by atoms with van der Waals surface area (Å²) in [6.45, 7) is 6.09. The van der Waals surface area contributed by atoms with Gasteiger partial charge in [-0.25, -0.2) is 13.1 Å². The summed E-state index contributed by atoms with van der Waals surface area (Å²) in [4.78, 5) is 1.23. The molecule has 0 spiro atoms. The zero-order valence-corrected chi connectivity index (χ0v) is 14.0. The Morgan fingerprint density at radius 1 is 1.50 bits per heavy atom. The molecule has 1 aromatic heterocycles. The van der Waals surface area contributed by atoms with E-state index in [0.717, 1.165) is 27.9 Å². The summed E-state index contributed by atoms with van der Waals surface area (Å²) in [6, 6.07) is 1.73. The quantitative estimate of drug-likeness (QED) is 0.902. The lowest BCUT2D eigenvalue weighted by atomic mass is 9.88. The van der Waals surface area contributed by atoms with Crippen LogP contribution in [0.5, 0.6) is 0 Å². The molecule has 1 aromatic rings. The van der Waals surface area contributed by atoms with Crippen molar-refractivity contribution in [1.82, 2.24) is 4.72 Å². The van der Waals surface area contributed by atoms with Gasteiger partial charge in [-0.05, 0) is 47.2 Å². The lowest BCUT2D eigenvalue weighted by Gasteiger charge is -2.27. The molecule has 0 aromatic carbocycles. The van der Waals surface area contributed by atoms with Gasteiger partial charge in [0.15, 0.2) is 0 Å². The smallest absolute Gasteiger partial charge is 0.208 e. The van der Waals surface area contributed by atoms with E-state index in [-0.39, 0.29) is 11.5 Å². The number of hydrogen-bond acceptors (Lipinski definition) is 3. The van der Waals surface area contributed by atoms with Crippen molar-refractivity contribution in [2.75, 3.05) is 0 Å². The van der Waals surface area contributed by atoms with Gasteiger partial charge in [0.1, 0.15) is 0 Å². The van der Waals surface area contributed by atoms with Gasteiger partial charge < -0.3 is 0 Å². The monoisotopic (exact) mass is 351 g/mol. The molecule has 0 bridgehead atoms. The molecule has 1 aliphatic rings. The van der Waals surface area contributed by atoms with Crippen LogP contribution < -0.4 is 4.72 Å². The summed E-state index contributed by atoms with van der Waals surface area (Å²) in [6.07, 6.45) is 3.09. The van der Waals surface area contributed by atoms with Gasteiger partial charge in [0.2, 0.25) is 10.0 Å². The second-order valence-corrected chi connectivity index (χ2v) is 9.84. The van der Waals surface area contributed by atoms with E-state index in [1.165, 1.54) is 11.3 Å². The molecule has 18 heavy (non-hydrogen) atoms. The van der Waals surface area contributed by atoms with Crippen LogP contribution in [0.4, 0.5) is 0 Å². The number of nitrogens with one attached hydrogen (secondary N) is 1. The summed E-state index contributed by atoms with van der Waals surface area (Å²) in [5.74, 6) is 0. The first-order valence-corrected chi connectivity index (χ1v) is 9.10. The highest BCUT2D eigenvalue weighted by atomic mass is 79.9. The third kappa shape index (κ3) is 2.81. The first-order chi connectivity index (χ1) is 8.22. The second-order valence-electron chi connectivity index (χ2n) is 5.53. The van der Waals surface area contributed by atoms with Gasteiger partial charge in [0, 0.05) is 10.9 Å². The molecule has 0 amide bonds. The summed E-state index contributed by atoms with van der Waals surface area (Å²) < 4.78 is 28.5. The molecule has 1 atom stereocenters. The third-order valence-corrected chi connectivity index (χ3v) is 6.97. The minimum Gasteiger partial charge on any atom is -0.208 e. The number of aryl methyl sites for hydroxylation is 1. The first kappa shape index (κ1) is 14.5. The molecule has 0 aliphatic heterocycles. The molecular formula is C12H18BrNO2S2. The van der Waals surface area contributed by atoms with E-state index < -0.39 is 10.0 Å². The van der Waals surface area contributed by atoms with Crippen molar-refractivity contribution in [2.45, 2.75) is 51.0 Å². The summed E-state index contributed by atoms with van der Waals surface area (Å²) in [5, 5.41) is 0. The standard InChI is InChI=1S/C12H18BrNO2S2/c1-8-9(7-11(13)17-8)18(15,16)14-10-5-4-6-12(10,2)3/h7,10,14H,4-6H2,1-3H3. The maximum Gasteiger partial charge on any atom is 0.241 e. The van der Waals surface area contributed by atoms with E-state index >= 15 is 0 Å². The number of thiophene rings is 1. The van der Waals surface area contributed by atoms with E-state index in [9.17, 15) is 8.42 Å². The van der Waals surface area contributed by atoms with Crippen molar-refractivity contribution in [3.63, 3.8) is 0 Å². The zero-order chi connectivity index (χ0) is 13.6. The Morgan fingerprint density at radius 3 is 2.61 bits per heavy atom.